The quantitative estimate of drug-likeness (QED) is 0.791. The molecule has 1 aliphatic rings. The molecule has 0 bridgehead atoms. The monoisotopic (exact) mass is 279 g/mol. The number of hydrogen-bond donors (Lipinski definition) is 0. The molecule has 5 nitrogen and oxygen atoms in total. The Balaban J connectivity index is 2.43. The number of nitrogens with zero attached hydrogens (tertiary/aromatic N) is 1. The molecule has 19 heavy (non-hydrogen) atoms. The van der Waals surface area contributed by atoms with Crippen LogP contribution in [0.3, 0.4) is 0 Å². The lowest BCUT2D eigenvalue weighted by Crippen LogP contribution is -2.30. The third-order valence-corrected chi connectivity index (χ3v) is 3.85. The Labute approximate surface area is 114 Å². The van der Waals surface area contributed by atoms with E-state index in [1.54, 1.807) is 0 Å². The van der Waals surface area contributed by atoms with Crippen LogP contribution in [0.5, 0.6) is 0 Å². The predicted octanol–water partition coefficient (Wildman–Crippen LogP) is 1.76. The van der Waals surface area contributed by atoms with Crippen LogP contribution in [0, 0.1) is 5.92 Å². The van der Waals surface area contributed by atoms with Crippen molar-refractivity contribution in [3.8, 4) is 0 Å². The smallest absolute Gasteiger partial charge is 0.335 e. The molecule has 1 aromatic rings. The van der Waals surface area contributed by atoms with Gasteiger partial charge >= 0.3 is 11.9 Å². The van der Waals surface area contributed by atoms with Gasteiger partial charge in [-0.25, -0.2) is 4.79 Å². The number of methoxy groups -OCH3 is 2. The van der Waals surface area contributed by atoms with Gasteiger partial charge < -0.3 is 9.47 Å². The van der Waals surface area contributed by atoms with Crippen LogP contribution in [0.25, 0.3) is 0 Å². The summed E-state index contributed by atoms with van der Waals surface area (Å²) in [6.45, 7) is 0. The van der Waals surface area contributed by atoms with Crippen LogP contribution in [-0.2, 0) is 19.1 Å². The summed E-state index contributed by atoms with van der Waals surface area (Å²) in [5, 5.41) is 1.89. The lowest BCUT2D eigenvalue weighted by Gasteiger charge is -2.24. The summed E-state index contributed by atoms with van der Waals surface area (Å²) in [5.41, 5.74) is 0.364. The first kappa shape index (κ1) is 13.5. The molecule has 0 aromatic carbocycles. The van der Waals surface area contributed by atoms with Gasteiger partial charge in [0.15, 0.2) is 0 Å². The first-order chi connectivity index (χ1) is 9.19. The molecule has 100 valence electrons. The number of carbonyl (C=O) groups excluding carboxylic acids is 2. The fourth-order valence-corrected chi connectivity index (χ4v) is 2.90. The molecule has 2 heterocycles. The van der Waals surface area contributed by atoms with E-state index in [1.807, 2.05) is 17.5 Å². The van der Waals surface area contributed by atoms with Crippen molar-refractivity contribution in [1.82, 2.24) is 0 Å². The number of rotatable bonds is 3. The van der Waals surface area contributed by atoms with E-state index in [2.05, 4.69) is 4.99 Å². The predicted molar refractivity (Wildman–Crippen MR) is 71.2 cm³/mol. The zero-order chi connectivity index (χ0) is 13.8. The Kier molecular flexibility index (Phi) is 4.11. The van der Waals surface area contributed by atoms with Gasteiger partial charge in [0, 0.05) is 23.2 Å². The molecule has 0 fully saturated rings. The summed E-state index contributed by atoms with van der Waals surface area (Å²) < 4.78 is 9.53. The van der Waals surface area contributed by atoms with E-state index in [4.69, 9.17) is 9.47 Å². The van der Waals surface area contributed by atoms with Crippen LogP contribution < -0.4 is 0 Å². The molecule has 1 aromatic heterocycles. The van der Waals surface area contributed by atoms with E-state index >= 15 is 0 Å². The Morgan fingerprint density at radius 2 is 2.11 bits per heavy atom. The van der Waals surface area contributed by atoms with E-state index in [0.717, 1.165) is 4.88 Å². The zero-order valence-corrected chi connectivity index (χ0v) is 11.3. The summed E-state index contributed by atoms with van der Waals surface area (Å²) in [6.07, 6.45) is 2.94. The van der Waals surface area contributed by atoms with Gasteiger partial charge in [0.2, 0.25) is 0 Å². The van der Waals surface area contributed by atoms with Crippen molar-refractivity contribution in [2.45, 2.75) is 5.92 Å². The highest BCUT2D eigenvalue weighted by molar-refractivity contribution is 7.10. The van der Waals surface area contributed by atoms with Crippen molar-refractivity contribution in [3.05, 3.63) is 34.2 Å². The second-order valence-electron chi connectivity index (χ2n) is 3.92. The Bertz CT molecular complexity index is 533. The highest BCUT2D eigenvalue weighted by Gasteiger charge is 2.37. The van der Waals surface area contributed by atoms with Crippen LogP contribution in [0.4, 0.5) is 0 Å². The number of thiophene rings is 1. The molecule has 1 unspecified atom stereocenters. The molecule has 0 aliphatic carbocycles. The molecule has 2 rings (SSSR count). The lowest BCUT2D eigenvalue weighted by molar-refractivity contribution is -0.143. The zero-order valence-electron chi connectivity index (χ0n) is 10.5. The highest BCUT2D eigenvalue weighted by Crippen LogP contribution is 2.37. The van der Waals surface area contributed by atoms with Gasteiger partial charge in [0.1, 0.15) is 5.92 Å². The Morgan fingerprint density at radius 3 is 2.68 bits per heavy atom. The fraction of sp³-hybridized carbons (Fsp3) is 0.308. The second kappa shape index (κ2) is 5.79. The summed E-state index contributed by atoms with van der Waals surface area (Å²) in [4.78, 5) is 28.5. The molecule has 0 spiro atoms. The van der Waals surface area contributed by atoms with E-state index < -0.39 is 23.8 Å². The SMILES string of the molecule is COC(=O)C1=CN=CC(C(=O)OC)[C@H]1c1cccs1. The second-order valence-corrected chi connectivity index (χ2v) is 4.90. The summed E-state index contributed by atoms with van der Waals surface area (Å²) in [7, 11) is 2.62. The maximum atomic E-state index is 11.8. The third-order valence-electron chi connectivity index (χ3n) is 2.90. The summed E-state index contributed by atoms with van der Waals surface area (Å²) in [6, 6.07) is 3.75. The largest absolute Gasteiger partial charge is 0.468 e. The van der Waals surface area contributed by atoms with Crippen LogP contribution in [-0.4, -0.2) is 32.4 Å². The number of carbonyl (C=O) groups is 2. The lowest BCUT2D eigenvalue weighted by atomic mass is 9.84. The third kappa shape index (κ3) is 2.58. The first-order valence-electron chi connectivity index (χ1n) is 5.62. The van der Waals surface area contributed by atoms with Crippen LogP contribution in [0.1, 0.15) is 10.8 Å². The van der Waals surface area contributed by atoms with Crippen molar-refractivity contribution < 1.29 is 19.1 Å². The molecular weight excluding hydrogens is 266 g/mol. The Hall–Kier alpha value is -1.95. The van der Waals surface area contributed by atoms with Crippen LogP contribution >= 0.6 is 11.3 Å². The minimum absolute atomic E-state index is 0.364. The summed E-state index contributed by atoms with van der Waals surface area (Å²) >= 11 is 1.47. The normalized spacial score (nSPS) is 21.7. The Morgan fingerprint density at radius 1 is 1.32 bits per heavy atom. The van der Waals surface area contributed by atoms with Crippen molar-refractivity contribution in [1.29, 1.82) is 0 Å². The van der Waals surface area contributed by atoms with Crippen molar-refractivity contribution >= 4 is 29.5 Å². The molecule has 2 atom stereocenters. The summed E-state index contributed by atoms with van der Waals surface area (Å²) in [5.74, 6) is -1.92. The molecule has 0 saturated heterocycles. The van der Waals surface area contributed by atoms with Crippen molar-refractivity contribution in [2.75, 3.05) is 14.2 Å². The van der Waals surface area contributed by atoms with E-state index in [9.17, 15) is 9.59 Å². The minimum atomic E-state index is -0.609. The van der Waals surface area contributed by atoms with Crippen molar-refractivity contribution in [2.24, 2.45) is 10.9 Å². The average molecular weight is 279 g/mol. The molecule has 0 radical (unpaired) electrons. The molecule has 0 N–H and O–H groups in total. The number of aliphatic imine (C=N–C) groups is 1. The molecular formula is C13H13NO4S. The van der Waals surface area contributed by atoms with Gasteiger partial charge in [-0.15, -0.1) is 11.3 Å². The van der Waals surface area contributed by atoms with E-state index in [-0.39, 0.29) is 0 Å². The molecule has 6 heteroatoms. The number of ether oxygens (including phenoxy) is 2. The van der Waals surface area contributed by atoms with Crippen LogP contribution in [0.2, 0.25) is 0 Å². The average Bonchev–Trinajstić information content (AvgIpc) is 2.98. The minimum Gasteiger partial charge on any atom is -0.468 e. The van der Waals surface area contributed by atoms with Gasteiger partial charge in [-0.2, -0.15) is 0 Å². The van der Waals surface area contributed by atoms with Gasteiger partial charge in [0.25, 0.3) is 0 Å². The standard InChI is InChI=1S/C13H13NO4S/c1-17-12(15)8-6-14-7-9(13(16)18-2)11(8)10-4-3-5-19-10/h3-8,11H,1-2H3/t8?,11-/m1/s1. The van der Waals surface area contributed by atoms with E-state index in [1.165, 1.54) is 38.0 Å². The molecule has 1 aliphatic heterocycles. The maximum Gasteiger partial charge on any atom is 0.335 e. The highest BCUT2D eigenvalue weighted by atomic mass is 32.1. The van der Waals surface area contributed by atoms with Gasteiger partial charge in [-0.1, -0.05) is 6.07 Å². The van der Waals surface area contributed by atoms with Crippen molar-refractivity contribution in [3.63, 3.8) is 0 Å². The van der Waals surface area contributed by atoms with Crippen LogP contribution in [0.15, 0.2) is 34.3 Å². The first-order valence-corrected chi connectivity index (χ1v) is 6.50. The molecule has 0 saturated carbocycles. The van der Waals surface area contributed by atoms with Gasteiger partial charge in [-0.3, -0.25) is 9.79 Å². The topological polar surface area (TPSA) is 65.0 Å². The number of hydrogen-bond acceptors (Lipinski definition) is 6. The number of esters is 2. The molecule has 0 amide bonds. The van der Waals surface area contributed by atoms with Gasteiger partial charge in [0.05, 0.1) is 19.8 Å². The van der Waals surface area contributed by atoms with Gasteiger partial charge in [-0.05, 0) is 11.4 Å². The maximum absolute atomic E-state index is 11.8. The van der Waals surface area contributed by atoms with E-state index in [0.29, 0.717) is 5.57 Å². The fourth-order valence-electron chi connectivity index (χ4n) is 2.00.